The van der Waals surface area contributed by atoms with Crippen molar-refractivity contribution in [3.63, 3.8) is 0 Å². The highest BCUT2D eigenvalue weighted by molar-refractivity contribution is 6.92. The number of rotatable bonds is 0. The summed E-state index contributed by atoms with van der Waals surface area (Å²) in [5.41, 5.74) is 0. The van der Waals surface area contributed by atoms with Gasteiger partial charge in [-0.05, 0) is 0 Å². The summed E-state index contributed by atoms with van der Waals surface area (Å²) < 4.78 is 0. The van der Waals surface area contributed by atoms with Crippen LogP contribution in [0.25, 0.3) is 0 Å². The van der Waals surface area contributed by atoms with Gasteiger partial charge in [-0.1, -0.05) is 6.82 Å². The first-order valence-corrected chi connectivity index (χ1v) is 1.96. The minimum absolute atomic E-state index is 0.722. The second-order valence-electron chi connectivity index (χ2n) is 0.267. The molecule has 0 atom stereocenters. The van der Waals surface area contributed by atoms with E-state index < -0.39 is 0 Å². The Morgan fingerprint density at radius 2 is 1.60 bits per heavy atom. The largest absolute Gasteiger partial charge is 0.400 e. The fourth-order valence-electron chi connectivity index (χ4n) is 0. The molecule has 3 heteroatoms. The van der Waals surface area contributed by atoms with Crippen molar-refractivity contribution in [2.75, 3.05) is 7.11 Å². The summed E-state index contributed by atoms with van der Waals surface area (Å²) in [6.07, 6.45) is 0. The fraction of sp³-hybridized carbons (Fsp3) is 1.00. The first-order valence-electron chi connectivity index (χ1n) is 1.42. The highest BCUT2D eigenvalue weighted by Crippen LogP contribution is 1.54. The van der Waals surface area contributed by atoms with Crippen molar-refractivity contribution >= 4 is 18.2 Å². The molecule has 0 aromatic carbocycles. The van der Waals surface area contributed by atoms with Gasteiger partial charge in [-0.25, -0.2) is 11.5 Å². The Morgan fingerprint density at radius 1 is 1.60 bits per heavy atom. The molecule has 0 aromatic rings. The van der Waals surface area contributed by atoms with E-state index in [2.05, 4.69) is 0 Å². The van der Waals surface area contributed by atoms with E-state index in [1.165, 1.54) is 0 Å². The average molecular weight is 94.3 g/mol. The molecule has 0 rings (SSSR count). The maximum Gasteiger partial charge on any atom is 0.229 e. The van der Waals surface area contributed by atoms with E-state index in [1.807, 2.05) is 6.82 Å². The second-order valence-corrected chi connectivity index (χ2v) is 0.802. The van der Waals surface area contributed by atoms with E-state index in [0.717, 1.165) is 13.8 Å². The van der Waals surface area contributed by atoms with E-state index in [9.17, 15) is 0 Å². The Bertz CT molecular complexity index is 9.61. The van der Waals surface area contributed by atoms with Crippen molar-refractivity contribution < 1.29 is 5.11 Å². The highest BCUT2D eigenvalue weighted by atomic mass is 35.5. The van der Waals surface area contributed by atoms with Gasteiger partial charge in [-0.2, -0.15) is 0 Å². The number of hydrogen-bond acceptors (Lipinski definition) is 1. The Hall–Kier alpha value is 0.315. The quantitative estimate of drug-likeness (QED) is 0.426. The zero-order chi connectivity index (χ0) is 4.71. The van der Waals surface area contributed by atoms with Crippen molar-refractivity contribution in [1.29, 1.82) is 0 Å². The Kier molecular flexibility index (Phi) is 49.4. The summed E-state index contributed by atoms with van der Waals surface area (Å²) in [6, 6.07) is 0. The van der Waals surface area contributed by atoms with Gasteiger partial charge < -0.3 is 5.11 Å². The molecule has 1 N–H and O–H groups in total. The lowest BCUT2D eigenvalue weighted by Crippen LogP contribution is -1.45. The molecule has 0 spiro atoms. The van der Waals surface area contributed by atoms with Crippen LogP contribution < -0.4 is 0 Å². The maximum absolute atomic E-state index is 7.00. The summed E-state index contributed by atoms with van der Waals surface area (Å²) in [5.74, 6) is 0. The molecule has 0 amide bonds. The number of aliphatic hydroxyl groups excluding tert-OH is 1. The van der Waals surface area contributed by atoms with Gasteiger partial charge in [0.25, 0.3) is 0 Å². The molecule has 5 heavy (non-hydrogen) atoms. The molecule has 0 radical (unpaired) electrons. The molecule has 0 aliphatic carbocycles. The van der Waals surface area contributed by atoms with E-state index >= 15 is 0 Å². The Morgan fingerprint density at radius 3 is 1.60 bits per heavy atom. The minimum atomic E-state index is 0.722. The predicted molar refractivity (Wildman–Crippen MR) is 27.0 cm³/mol. The highest BCUT2D eigenvalue weighted by Gasteiger charge is 1.47. The van der Waals surface area contributed by atoms with Crippen LogP contribution in [0.4, 0.5) is 0 Å². The molecule has 0 unspecified atom stereocenters. The smallest absolute Gasteiger partial charge is 0.229 e. The molecular formula is C2H8BClO. The van der Waals surface area contributed by atoms with Crippen LogP contribution in [0.3, 0.4) is 0 Å². The Balaban J connectivity index is 0. The fourth-order valence-corrected chi connectivity index (χ4v) is 0. The molecular weight excluding hydrogens is 86.3 g/mol. The third kappa shape index (κ3) is 233. The van der Waals surface area contributed by atoms with E-state index in [-0.39, 0.29) is 0 Å². The number of hydrogen-bond donors (Lipinski definition) is 1. The van der Waals surface area contributed by atoms with Crippen LogP contribution in [-0.2, 0) is 0 Å². The van der Waals surface area contributed by atoms with Gasteiger partial charge in [0.05, 0.1) is 0 Å². The van der Waals surface area contributed by atoms with Crippen LogP contribution in [0.2, 0.25) is 6.82 Å². The minimum Gasteiger partial charge on any atom is -0.400 e. The predicted octanol–water partition coefficient (Wildman–Crippen LogP) is 0.233. The van der Waals surface area contributed by atoms with Gasteiger partial charge in [0.2, 0.25) is 6.69 Å². The van der Waals surface area contributed by atoms with E-state index in [4.69, 9.17) is 16.6 Å². The van der Waals surface area contributed by atoms with Crippen molar-refractivity contribution in [2.45, 2.75) is 6.82 Å². The van der Waals surface area contributed by atoms with Crippen LogP contribution in [-0.4, -0.2) is 18.9 Å². The summed E-state index contributed by atoms with van der Waals surface area (Å²) >= 11 is 5.00. The van der Waals surface area contributed by atoms with Gasteiger partial charge in [0, 0.05) is 7.11 Å². The van der Waals surface area contributed by atoms with Crippen LogP contribution in [0.5, 0.6) is 0 Å². The van der Waals surface area contributed by atoms with Crippen LogP contribution in [0.1, 0.15) is 0 Å². The van der Waals surface area contributed by atoms with Gasteiger partial charge in [0.15, 0.2) is 0 Å². The molecule has 32 valence electrons. The SMILES string of the molecule is CBCl.CO. The summed E-state index contributed by atoms with van der Waals surface area (Å²) in [6.45, 7) is 2.61. The topological polar surface area (TPSA) is 20.2 Å². The van der Waals surface area contributed by atoms with Crippen molar-refractivity contribution in [3.05, 3.63) is 0 Å². The van der Waals surface area contributed by atoms with Crippen molar-refractivity contribution in [2.24, 2.45) is 0 Å². The summed E-state index contributed by atoms with van der Waals surface area (Å²) in [7, 11) is 1.00. The molecule has 0 heterocycles. The molecule has 0 saturated heterocycles. The summed E-state index contributed by atoms with van der Waals surface area (Å²) in [4.78, 5) is 0. The monoisotopic (exact) mass is 94.0 g/mol. The molecule has 1 nitrogen and oxygen atoms in total. The maximum atomic E-state index is 7.00. The lowest BCUT2D eigenvalue weighted by atomic mass is 10.2. The molecule has 0 fully saturated rings. The van der Waals surface area contributed by atoms with Gasteiger partial charge in [-0.3, -0.25) is 0 Å². The Labute approximate surface area is 38.1 Å². The van der Waals surface area contributed by atoms with Crippen LogP contribution in [0.15, 0.2) is 0 Å². The van der Waals surface area contributed by atoms with Crippen molar-refractivity contribution in [1.82, 2.24) is 0 Å². The molecule has 0 aliphatic heterocycles. The third-order valence-corrected chi connectivity index (χ3v) is 0. The van der Waals surface area contributed by atoms with Gasteiger partial charge in [0.1, 0.15) is 0 Å². The first kappa shape index (κ1) is 9.01. The molecule has 0 aromatic heterocycles. The normalized spacial score (nSPS) is 4.00. The first-order chi connectivity index (χ1) is 2.41. The molecule has 0 saturated carbocycles. The van der Waals surface area contributed by atoms with E-state index in [0.29, 0.717) is 0 Å². The average Bonchev–Trinajstić information content (AvgIpc) is 1.46. The van der Waals surface area contributed by atoms with E-state index in [1.54, 1.807) is 0 Å². The summed E-state index contributed by atoms with van der Waals surface area (Å²) in [5, 5.41) is 7.00. The second kappa shape index (κ2) is 27.4. The number of aliphatic hydroxyl groups is 1. The van der Waals surface area contributed by atoms with Crippen molar-refractivity contribution in [3.8, 4) is 0 Å². The van der Waals surface area contributed by atoms with Crippen LogP contribution in [0, 0.1) is 0 Å². The third-order valence-electron chi connectivity index (χ3n) is 0. The number of halogens is 1. The van der Waals surface area contributed by atoms with Crippen LogP contribution >= 0.6 is 11.5 Å². The lowest BCUT2D eigenvalue weighted by Gasteiger charge is -1.38. The standard InChI is InChI=1S/CH4BCl.CH4O/c1-2-3;1-2/h2H,1H3;2H,1H3. The van der Waals surface area contributed by atoms with Gasteiger partial charge in [-0.15, -0.1) is 0 Å². The molecule has 0 bridgehead atoms. The zero-order valence-electron chi connectivity index (χ0n) is 3.53. The molecule has 0 aliphatic rings. The zero-order valence-corrected chi connectivity index (χ0v) is 4.29. The van der Waals surface area contributed by atoms with Gasteiger partial charge >= 0.3 is 0 Å². The lowest BCUT2D eigenvalue weighted by molar-refractivity contribution is 0.399.